The molecule has 3 N–H and O–H groups in total. The Labute approximate surface area is 177 Å². The molecule has 1 aromatic carbocycles. The molecule has 3 amide bonds. The lowest BCUT2D eigenvalue weighted by atomic mass is 10.2. The predicted molar refractivity (Wildman–Crippen MR) is 115 cm³/mol. The number of aryl methyl sites for hydroxylation is 1. The Morgan fingerprint density at radius 3 is 2.57 bits per heavy atom. The molecule has 0 spiro atoms. The van der Waals surface area contributed by atoms with E-state index >= 15 is 0 Å². The summed E-state index contributed by atoms with van der Waals surface area (Å²) >= 11 is 1.35. The number of carbonyl (C=O) groups is 2. The Hall–Kier alpha value is -3.17. The van der Waals surface area contributed by atoms with Gasteiger partial charge in [0.1, 0.15) is 11.5 Å². The lowest BCUT2D eigenvalue weighted by Crippen LogP contribution is -2.35. The molecule has 0 bridgehead atoms. The van der Waals surface area contributed by atoms with E-state index in [1.165, 1.54) is 11.3 Å². The van der Waals surface area contributed by atoms with Gasteiger partial charge in [-0.3, -0.25) is 4.79 Å². The number of rotatable bonds is 6. The first kappa shape index (κ1) is 20.1. The molecule has 1 atom stereocenters. The Morgan fingerprint density at radius 2 is 1.90 bits per heavy atom. The molecular formula is C21H22N4O4S. The van der Waals surface area contributed by atoms with Gasteiger partial charge < -0.3 is 25.1 Å². The SMILES string of the molecule is Cc1ccc(-c2nc(C(=O)Nc3ccc(NC(=O)NCC4CCCO4)cc3)cs2)o1. The van der Waals surface area contributed by atoms with Gasteiger partial charge >= 0.3 is 6.03 Å². The minimum absolute atomic E-state index is 0.0939. The van der Waals surface area contributed by atoms with Crippen LogP contribution in [-0.2, 0) is 4.74 Å². The third kappa shape index (κ3) is 5.05. The fourth-order valence-corrected chi connectivity index (χ4v) is 3.82. The zero-order chi connectivity index (χ0) is 20.9. The maximum Gasteiger partial charge on any atom is 0.319 e. The zero-order valence-corrected chi connectivity index (χ0v) is 17.3. The van der Waals surface area contributed by atoms with Gasteiger partial charge in [-0.2, -0.15) is 0 Å². The van der Waals surface area contributed by atoms with Crippen LogP contribution in [-0.4, -0.2) is 36.2 Å². The number of nitrogens with one attached hydrogen (secondary N) is 3. The van der Waals surface area contributed by atoms with Crippen LogP contribution in [0.25, 0.3) is 10.8 Å². The Balaban J connectivity index is 1.29. The van der Waals surface area contributed by atoms with E-state index in [1.807, 2.05) is 19.1 Å². The molecule has 156 valence electrons. The minimum atomic E-state index is -0.309. The highest BCUT2D eigenvalue weighted by atomic mass is 32.1. The van der Waals surface area contributed by atoms with E-state index in [4.69, 9.17) is 9.15 Å². The number of hydrogen-bond donors (Lipinski definition) is 3. The lowest BCUT2D eigenvalue weighted by molar-refractivity contribution is 0.102. The monoisotopic (exact) mass is 426 g/mol. The Morgan fingerprint density at radius 1 is 1.13 bits per heavy atom. The first-order valence-corrected chi connectivity index (χ1v) is 10.5. The quantitative estimate of drug-likeness (QED) is 0.546. The highest BCUT2D eigenvalue weighted by Crippen LogP contribution is 2.26. The van der Waals surface area contributed by atoms with Gasteiger partial charge in [-0.05, 0) is 56.2 Å². The van der Waals surface area contributed by atoms with E-state index in [0.717, 1.165) is 25.2 Å². The second-order valence-corrected chi connectivity index (χ2v) is 7.81. The van der Waals surface area contributed by atoms with Gasteiger partial charge in [0.05, 0.1) is 6.10 Å². The van der Waals surface area contributed by atoms with Gasteiger partial charge in [0.25, 0.3) is 5.91 Å². The highest BCUT2D eigenvalue weighted by Gasteiger charge is 2.16. The maximum absolute atomic E-state index is 12.4. The van der Waals surface area contributed by atoms with Crippen LogP contribution >= 0.6 is 11.3 Å². The van der Waals surface area contributed by atoms with Crippen molar-refractivity contribution in [2.24, 2.45) is 0 Å². The largest absolute Gasteiger partial charge is 0.459 e. The molecule has 1 aliphatic rings. The Bertz CT molecular complexity index is 1020. The maximum atomic E-state index is 12.4. The second kappa shape index (κ2) is 9.10. The summed E-state index contributed by atoms with van der Waals surface area (Å²) in [5.41, 5.74) is 1.55. The smallest absolute Gasteiger partial charge is 0.319 e. The number of nitrogens with zero attached hydrogens (tertiary/aromatic N) is 1. The number of hydrogen-bond acceptors (Lipinski definition) is 6. The average Bonchev–Trinajstić information content (AvgIpc) is 3.49. The van der Waals surface area contributed by atoms with Crippen molar-refractivity contribution >= 4 is 34.6 Å². The number of carbonyl (C=O) groups excluding carboxylic acids is 2. The van der Waals surface area contributed by atoms with E-state index in [9.17, 15) is 9.59 Å². The number of anilines is 2. The van der Waals surface area contributed by atoms with Crippen LogP contribution in [0, 0.1) is 6.92 Å². The van der Waals surface area contributed by atoms with Crippen LogP contribution < -0.4 is 16.0 Å². The number of aromatic nitrogens is 1. The molecule has 9 heteroatoms. The molecule has 30 heavy (non-hydrogen) atoms. The topological polar surface area (TPSA) is 105 Å². The van der Waals surface area contributed by atoms with E-state index in [0.29, 0.717) is 34.4 Å². The molecule has 3 heterocycles. The molecule has 4 rings (SSSR count). The fourth-order valence-electron chi connectivity index (χ4n) is 3.06. The van der Waals surface area contributed by atoms with Crippen molar-refractivity contribution < 1.29 is 18.7 Å². The van der Waals surface area contributed by atoms with Crippen LogP contribution in [0.2, 0.25) is 0 Å². The van der Waals surface area contributed by atoms with Crippen molar-refractivity contribution in [2.75, 3.05) is 23.8 Å². The van der Waals surface area contributed by atoms with Crippen molar-refractivity contribution in [1.82, 2.24) is 10.3 Å². The molecule has 1 unspecified atom stereocenters. The molecule has 1 aliphatic heterocycles. The molecule has 2 aromatic heterocycles. The van der Waals surface area contributed by atoms with E-state index in [2.05, 4.69) is 20.9 Å². The van der Waals surface area contributed by atoms with Crippen molar-refractivity contribution in [3.8, 4) is 10.8 Å². The molecule has 0 radical (unpaired) electrons. The molecule has 0 saturated carbocycles. The number of amides is 3. The third-order valence-electron chi connectivity index (χ3n) is 4.60. The summed E-state index contributed by atoms with van der Waals surface area (Å²) in [6, 6.07) is 10.3. The van der Waals surface area contributed by atoms with E-state index < -0.39 is 0 Å². The van der Waals surface area contributed by atoms with Crippen LogP contribution in [0.4, 0.5) is 16.2 Å². The fraction of sp³-hybridized carbons (Fsp3) is 0.286. The summed E-state index contributed by atoms with van der Waals surface area (Å²) in [5.74, 6) is 1.13. The summed E-state index contributed by atoms with van der Waals surface area (Å²) in [6.45, 7) is 3.11. The van der Waals surface area contributed by atoms with Gasteiger partial charge in [-0.15, -0.1) is 11.3 Å². The number of thiazole rings is 1. The number of ether oxygens (including phenoxy) is 1. The molecule has 0 aliphatic carbocycles. The molecule has 1 saturated heterocycles. The van der Waals surface area contributed by atoms with Gasteiger partial charge in [-0.25, -0.2) is 9.78 Å². The predicted octanol–water partition coefficient (Wildman–Crippen LogP) is 4.26. The normalized spacial score (nSPS) is 15.7. The lowest BCUT2D eigenvalue weighted by Gasteiger charge is -2.12. The van der Waals surface area contributed by atoms with Crippen molar-refractivity contribution in [2.45, 2.75) is 25.9 Å². The minimum Gasteiger partial charge on any atom is -0.459 e. The van der Waals surface area contributed by atoms with E-state index in [-0.39, 0.29) is 18.0 Å². The number of benzene rings is 1. The van der Waals surface area contributed by atoms with Gasteiger partial charge in [-0.1, -0.05) is 0 Å². The summed E-state index contributed by atoms with van der Waals surface area (Å²) in [5, 5.41) is 10.7. The van der Waals surface area contributed by atoms with Crippen LogP contribution in [0.15, 0.2) is 46.2 Å². The number of furan rings is 1. The van der Waals surface area contributed by atoms with Gasteiger partial charge in [0.2, 0.25) is 0 Å². The standard InChI is InChI=1S/C21H22N4O4S/c1-13-4-9-18(29-13)20-25-17(12-30-20)19(26)23-14-5-7-15(8-6-14)24-21(27)22-11-16-3-2-10-28-16/h4-9,12,16H,2-3,10-11H2,1H3,(H,23,26)(H2,22,24,27). The van der Waals surface area contributed by atoms with Crippen molar-refractivity contribution in [3.05, 3.63) is 53.2 Å². The summed E-state index contributed by atoms with van der Waals surface area (Å²) in [4.78, 5) is 28.8. The molecule has 3 aromatic rings. The molecular weight excluding hydrogens is 404 g/mol. The van der Waals surface area contributed by atoms with Crippen LogP contribution in [0.3, 0.4) is 0 Å². The highest BCUT2D eigenvalue weighted by molar-refractivity contribution is 7.13. The Kier molecular flexibility index (Phi) is 6.10. The van der Waals surface area contributed by atoms with Gasteiger partial charge in [0, 0.05) is 29.9 Å². The van der Waals surface area contributed by atoms with Crippen LogP contribution in [0.1, 0.15) is 29.1 Å². The third-order valence-corrected chi connectivity index (χ3v) is 5.46. The second-order valence-electron chi connectivity index (χ2n) is 6.95. The summed E-state index contributed by atoms with van der Waals surface area (Å²) < 4.78 is 11.0. The van der Waals surface area contributed by atoms with Gasteiger partial charge in [0.15, 0.2) is 10.8 Å². The zero-order valence-electron chi connectivity index (χ0n) is 16.4. The van der Waals surface area contributed by atoms with E-state index in [1.54, 1.807) is 29.6 Å². The first-order valence-electron chi connectivity index (χ1n) is 9.67. The first-order chi connectivity index (χ1) is 14.6. The molecule has 8 nitrogen and oxygen atoms in total. The average molecular weight is 426 g/mol. The van der Waals surface area contributed by atoms with Crippen molar-refractivity contribution in [3.63, 3.8) is 0 Å². The van der Waals surface area contributed by atoms with Crippen LogP contribution in [0.5, 0.6) is 0 Å². The summed E-state index contributed by atoms with van der Waals surface area (Å²) in [6.07, 6.45) is 2.10. The summed E-state index contributed by atoms with van der Waals surface area (Å²) in [7, 11) is 0. The molecule has 1 fully saturated rings. The van der Waals surface area contributed by atoms with Crippen molar-refractivity contribution in [1.29, 1.82) is 0 Å². The number of urea groups is 1.